The van der Waals surface area contributed by atoms with Gasteiger partial charge in [-0.05, 0) is 31.6 Å². The summed E-state index contributed by atoms with van der Waals surface area (Å²) in [6.07, 6.45) is 3.26. The van der Waals surface area contributed by atoms with Gasteiger partial charge < -0.3 is 20.3 Å². The Balaban J connectivity index is 1.27. The number of fused-ring (bicyclic) bond motifs is 3. The molecule has 7 nitrogen and oxygen atoms in total. The van der Waals surface area contributed by atoms with Crippen molar-refractivity contribution in [2.45, 2.75) is 49.7 Å². The van der Waals surface area contributed by atoms with Gasteiger partial charge in [0.15, 0.2) is 0 Å². The largest absolute Gasteiger partial charge is 0.380 e. The lowest BCUT2D eigenvalue weighted by molar-refractivity contribution is -0.147. The molecule has 0 aromatic heterocycles. The van der Waals surface area contributed by atoms with Crippen molar-refractivity contribution in [3.8, 4) is 0 Å². The second-order valence-corrected chi connectivity index (χ2v) is 8.27. The smallest absolute Gasteiger partial charge is 0.312 e. The summed E-state index contributed by atoms with van der Waals surface area (Å²) < 4.78 is 33.1. The van der Waals surface area contributed by atoms with Gasteiger partial charge in [-0.2, -0.15) is 0 Å². The molecule has 3 amide bonds. The summed E-state index contributed by atoms with van der Waals surface area (Å²) in [5, 5.41) is 5.45. The zero-order chi connectivity index (χ0) is 18.3. The molecule has 9 heteroatoms. The number of carbonyl (C=O) groups is 3. The average Bonchev–Trinajstić information content (AvgIpc) is 3.26. The minimum atomic E-state index is -3.02. The first-order valence-electron chi connectivity index (χ1n) is 9.24. The number of carbonyl (C=O) groups excluding carboxylic acids is 3. The molecule has 5 fully saturated rings. The van der Waals surface area contributed by atoms with E-state index < -0.39 is 35.0 Å². The predicted octanol–water partition coefficient (Wildman–Crippen LogP) is -0.348. The van der Waals surface area contributed by atoms with Crippen molar-refractivity contribution in [3.63, 3.8) is 0 Å². The summed E-state index contributed by atoms with van der Waals surface area (Å²) in [5.41, 5.74) is -1.74. The van der Waals surface area contributed by atoms with Gasteiger partial charge in [-0.1, -0.05) is 0 Å². The Labute approximate surface area is 148 Å². The van der Waals surface area contributed by atoms with Crippen LogP contribution in [0, 0.1) is 17.3 Å². The quantitative estimate of drug-likeness (QED) is 0.666. The molecular weight excluding hydrogens is 348 g/mol. The van der Waals surface area contributed by atoms with Crippen LogP contribution in [-0.2, 0) is 19.1 Å². The maximum Gasteiger partial charge on any atom is 0.312 e. The molecular formula is C17H21F2N3O4. The van der Waals surface area contributed by atoms with Crippen molar-refractivity contribution < 1.29 is 27.9 Å². The third kappa shape index (κ3) is 2.03. The fourth-order valence-electron chi connectivity index (χ4n) is 5.02. The van der Waals surface area contributed by atoms with Gasteiger partial charge in [-0.3, -0.25) is 14.4 Å². The number of alkyl halides is 2. The highest BCUT2D eigenvalue weighted by atomic mass is 19.3. The number of likely N-dealkylation sites (tertiary alicyclic amines) is 1. The van der Waals surface area contributed by atoms with Crippen LogP contribution in [0.1, 0.15) is 25.7 Å². The maximum atomic E-state index is 14.0. The molecule has 2 heterocycles. The van der Waals surface area contributed by atoms with E-state index in [0.717, 1.165) is 19.3 Å². The molecule has 2 aliphatic heterocycles. The standard InChI is InChI=1S/C17H21F2N3O4/c18-17(19)11-6-26-7-16(11,17)15(25)21-12-8-1-4-10(12)22(5-8)14(24)13(23)20-9-2-3-9/h8-12H,1-7H2,(H,20,23)(H,21,25)/t8-,10-,11-,12-,16+/m1/s1. The average molecular weight is 369 g/mol. The molecule has 0 aromatic carbocycles. The molecule has 0 radical (unpaired) electrons. The number of hydrogen-bond acceptors (Lipinski definition) is 4. The number of halogens is 2. The number of piperidine rings is 1. The van der Waals surface area contributed by atoms with Crippen LogP contribution in [0.3, 0.4) is 0 Å². The van der Waals surface area contributed by atoms with Crippen LogP contribution in [0.25, 0.3) is 0 Å². The van der Waals surface area contributed by atoms with E-state index in [4.69, 9.17) is 4.74 Å². The number of amides is 3. The molecule has 2 saturated heterocycles. The Bertz CT molecular complexity index is 697. The van der Waals surface area contributed by atoms with Crippen molar-refractivity contribution in [2.24, 2.45) is 17.3 Å². The van der Waals surface area contributed by atoms with Crippen LogP contribution in [0.4, 0.5) is 8.78 Å². The molecule has 3 saturated carbocycles. The molecule has 0 unspecified atom stereocenters. The second-order valence-electron chi connectivity index (χ2n) is 8.27. The zero-order valence-electron chi connectivity index (χ0n) is 14.2. The number of hydrogen-bond donors (Lipinski definition) is 2. The van der Waals surface area contributed by atoms with E-state index in [2.05, 4.69) is 10.6 Å². The predicted molar refractivity (Wildman–Crippen MR) is 83.0 cm³/mol. The Hall–Kier alpha value is -1.77. The normalized spacial score (nSPS) is 41.7. The zero-order valence-corrected chi connectivity index (χ0v) is 14.2. The molecule has 142 valence electrons. The molecule has 5 atom stereocenters. The second kappa shape index (κ2) is 5.15. The molecule has 2 bridgehead atoms. The highest BCUT2D eigenvalue weighted by Crippen LogP contribution is 2.69. The van der Waals surface area contributed by atoms with Crippen LogP contribution >= 0.6 is 0 Å². The van der Waals surface area contributed by atoms with Crippen molar-refractivity contribution in [2.75, 3.05) is 19.8 Å². The van der Waals surface area contributed by atoms with Gasteiger partial charge in [0, 0.05) is 12.6 Å². The first-order chi connectivity index (χ1) is 12.4. The van der Waals surface area contributed by atoms with E-state index in [1.54, 1.807) is 0 Å². The lowest BCUT2D eigenvalue weighted by Gasteiger charge is -2.27. The summed E-state index contributed by atoms with van der Waals surface area (Å²) in [7, 11) is 0. The van der Waals surface area contributed by atoms with Gasteiger partial charge >= 0.3 is 11.8 Å². The Kier molecular flexibility index (Phi) is 3.25. The van der Waals surface area contributed by atoms with Gasteiger partial charge in [-0.15, -0.1) is 0 Å². The SMILES string of the molecule is O=C(NC1CC1)C(=O)N1C[C@H]2CC[C@@H]1[C@@H]2NC(=O)[C@]12COC[C@H]1C2(F)F. The lowest BCUT2D eigenvalue weighted by atomic mass is 10.0. The first-order valence-corrected chi connectivity index (χ1v) is 9.24. The van der Waals surface area contributed by atoms with Crippen LogP contribution in [0.2, 0.25) is 0 Å². The van der Waals surface area contributed by atoms with Crippen molar-refractivity contribution in [3.05, 3.63) is 0 Å². The summed E-state index contributed by atoms with van der Waals surface area (Å²) in [5.74, 6) is -5.93. The number of rotatable bonds is 3. The highest BCUT2D eigenvalue weighted by Gasteiger charge is 2.87. The molecule has 3 aliphatic carbocycles. The molecule has 26 heavy (non-hydrogen) atoms. The van der Waals surface area contributed by atoms with E-state index >= 15 is 0 Å². The number of nitrogens with one attached hydrogen (secondary N) is 2. The maximum absolute atomic E-state index is 14.0. The van der Waals surface area contributed by atoms with Crippen LogP contribution in [-0.4, -0.2) is 66.4 Å². The highest BCUT2D eigenvalue weighted by molar-refractivity contribution is 6.35. The number of nitrogens with zero attached hydrogens (tertiary/aromatic N) is 1. The van der Waals surface area contributed by atoms with Crippen LogP contribution in [0.5, 0.6) is 0 Å². The van der Waals surface area contributed by atoms with E-state index in [9.17, 15) is 23.2 Å². The van der Waals surface area contributed by atoms with Gasteiger partial charge in [0.2, 0.25) is 5.91 Å². The number of ether oxygens (including phenoxy) is 1. The minimum absolute atomic E-state index is 0.00571. The fourth-order valence-corrected chi connectivity index (χ4v) is 5.02. The monoisotopic (exact) mass is 369 g/mol. The molecule has 0 aromatic rings. The van der Waals surface area contributed by atoms with Crippen molar-refractivity contribution in [1.29, 1.82) is 0 Å². The van der Waals surface area contributed by atoms with E-state index in [1.807, 2.05) is 0 Å². The van der Waals surface area contributed by atoms with E-state index in [-0.39, 0.29) is 37.3 Å². The topological polar surface area (TPSA) is 87.7 Å². The van der Waals surface area contributed by atoms with Gasteiger partial charge in [-0.25, -0.2) is 8.78 Å². The summed E-state index contributed by atoms with van der Waals surface area (Å²) in [6, 6.07) is -0.574. The van der Waals surface area contributed by atoms with Crippen LogP contribution in [0.15, 0.2) is 0 Å². The van der Waals surface area contributed by atoms with E-state index in [1.165, 1.54) is 4.90 Å². The van der Waals surface area contributed by atoms with Gasteiger partial charge in [0.1, 0.15) is 5.41 Å². The molecule has 0 spiro atoms. The molecule has 2 N–H and O–H groups in total. The van der Waals surface area contributed by atoms with Crippen LogP contribution < -0.4 is 10.6 Å². The van der Waals surface area contributed by atoms with Gasteiger partial charge in [0.25, 0.3) is 5.92 Å². The first kappa shape index (κ1) is 16.4. The van der Waals surface area contributed by atoms with Crippen molar-refractivity contribution >= 4 is 17.7 Å². The Morgan fingerprint density at radius 2 is 1.85 bits per heavy atom. The summed E-state index contributed by atoms with van der Waals surface area (Å²) in [4.78, 5) is 38.6. The molecule has 5 aliphatic rings. The van der Waals surface area contributed by atoms with Crippen molar-refractivity contribution in [1.82, 2.24) is 15.5 Å². The summed E-state index contributed by atoms with van der Waals surface area (Å²) in [6.45, 7) is 0.0325. The lowest BCUT2D eigenvalue weighted by Crippen LogP contribution is -2.51. The minimum Gasteiger partial charge on any atom is -0.380 e. The van der Waals surface area contributed by atoms with E-state index in [0.29, 0.717) is 13.0 Å². The Morgan fingerprint density at radius 3 is 2.50 bits per heavy atom. The Morgan fingerprint density at radius 1 is 1.08 bits per heavy atom. The summed E-state index contributed by atoms with van der Waals surface area (Å²) >= 11 is 0. The fraction of sp³-hybridized carbons (Fsp3) is 0.824. The third-order valence-electron chi connectivity index (χ3n) is 6.82. The molecule has 5 rings (SSSR count). The van der Waals surface area contributed by atoms with Gasteiger partial charge in [0.05, 0.1) is 31.2 Å². The third-order valence-corrected chi connectivity index (χ3v) is 6.82.